The van der Waals surface area contributed by atoms with Crippen molar-refractivity contribution in [1.29, 1.82) is 0 Å². The van der Waals surface area contributed by atoms with Gasteiger partial charge < -0.3 is 10.7 Å². The molecule has 3 nitrogen and oxygen atoms in total. The molecule has 0 bridgehead atoms. The zero-order valence-corrected chi connectivity index (χ0v) is 7.42. The Morgan fingerprint density at radius 1 is 1.50 bits per heavy atom. The molecule has 1 rings (SSSR count). The smallest absolute Gasteiger partial charge is 0.248 e. The van der Waals surface area contributed by atoms with E-state index in [4.69, 9.17) is 5.73 Å². The molecule has 0 atom stereocenters. The van der Waals surface area contributed by atoms with Crippen LogP contribution in [0.4, 0.5) is 0 Å². The molecule has 0 fully saturated rings. The van der Waals surface area contributed by atoms with Gasteiger partial charge in [-0.2, -0.15) is 0 Å². The molecule has 0 aliphatic carbocycles. The van der Waals surface area contributed by atoms with E-state index in [1.165, 1.54) is 6.07 Å². The first-order chi connectivity index (χ1) is 5.63. The minimum atomic E-state index is -0.0679. The largest absolute Gasteiger partial charge is 0.326 e. The van der Waals surface area contributed by atoms with Gasteiger partial charge in [-0.1, -0.05) is 13.8 Å². The van der Waals surface area contributed by atoms with Gasteiger partial charge in [-0.15, -0.1) is 0 Å². The number of hydrogen-bond donors (Lipinski definition) is 2. The van der Waals surface area contributed by atoms with Crippen LogP contribution in [0.2, 0.25) is 0 Å². The molecule has 0 spiro atoms. The van der Waals surface area contributed by atoms with Crippen LogP contribution in [0, 0.1) is 0 Å². The van der Waals surface area contributed by atoms with Crippen molar-refractivity contribution in [1.82, 2.24) is 4.98 Å². The van der Waals surface area contributed by atoms with Crippen molar-refractivity contribution in [3.8, 4) is 0 Å². The van der Waals surface area contributed by atoms with Gasteiger partial charge in [-0.3, -0.25) is 4.79 Å². The van der Waals surface area contributed by atoms with E-state index in [1.807, 2.05) is 19.9 Å². The summed E-state index contributed by atoms with van der Waals surface area (Å²) in [6.07, 6.45) is 0. The highest BCUT2D eigenvalue weighted by atomic mass is 16.1. The molecule has 1 aromatic rings. The first kappa shape index (κ1) is 9.00. The molecule has 0 radical (unpaired) electrons. The molecule has 3 heteroatoms. The third-order valence-electron chi connectivity index (χ3n) is 1.78. The van der Waals surface area contributed by atoms with Gasteiger partial charge in [0, 0.05) is 18.3 Å². The van der Waals surface area contributed by atoms with E-state index in [1.54, 1.807) is 0 Å². The van der Waals surface area contributed by atoms with Crippen LogP contribution >= 0.6 is 0 Å². The first-order valence-electron chi connectivity index (χ1n) is 4.06. The van der Waals surface area contributed by atoms with Gasteiger partial charge in [-0.25, -0.2) is 0 Å². The Kier molecular flexibility index (Phi) is 2.65. The highest BCUT2D eigenvalue weighted by Gasteiger charge is 2.01. The minimum absolute atomic E-state index is 0.0679. The normalized spacial score (nSPS) is 10.7. The van der Waals surface area contributed by atoms with E-state index < -0.39 is 0 Å². The number of nitrogens with two attached hydrogens (primary N) is 1. The predicted octanol–water partition coefficient (Wildman–Crippen LogP) is 0.957. The van der Waals surface area contributed by atoms with Crippen LogP contribution < -0.4 is 11.3 Å². The van der Waals surface area contributed by atoms with E-state index in [0.717, 1.165) is 11.3 Å². The Bertz CT molecular complexity index is 315. The molecule has 0 saturated carbocycles. The van der Waals surface area contributed by atoms with Crippen LogP contribution in [0.15, 0.2) is 16.9 Å². The zero-order chi connectivity index (χ0) is 9.14. The second-order valence-corrected chi connectivity index (χ2v) is 3.17. The van der Waals surface area contributed by atoms with Gasteiger partial charge in [0.2, 0.25) is 5.56 Å². The quantitative estimate of drug-likeness (QED) is 0.687. The molecule has 66 valence electrons. The van der Waals surface area contributed by atoms with E-state index in [-0.39, 0.29) is 5.56 Å². The monoisotopic (exact) mass is 166 g/mol. The van der Waals surface area contributed by atoms with Gasteiger partial charge >= 0.3 is 0 Å². The molecule has 0 unspecified atom stereocenters. The number of pyridine rings is 1. The van der Waals surface area contributed by atoms with Gasteiger partial charge in [-0.05, 0) is 17.5 Å². The average molecular weight is 166 g/mol. The van der Waals surface area contributed by atoms with E-state index in [2.05, 4.69) is 4.98 Å². The summed E-state index contributed by atoms with van der Waals surface area (Å²) >= 11 is 0. The third kappa shape index (κ3) is 1.95. The first-order valence-corrected chi connectivity index (χ1v) is 4.06. The van der Waals surface area contributed by atoms with Crippen molar-refractivity contribution in [2.75, 3.05) is 0 Å². The molecular formula is C9H14N2O. The Hall–Kier alpha value is -1.09. The van der Waals surface area contributed by atoms with Gasteiger partial charge in [0.25, 0.3) is 0 Å². The van der Waals surface area contributed by atoms with Crippen molar-refractivity contribution in [2.45, 2.75) is 26.3 Å². The lowest BCUT2D eigenvalue weighted by atomic mass is 10.1. The molecule has 0 aliphatic heterocycles. The number of aromatic amines is 1. The highest BCUT2D eigenvalue weighted by molar-refractivity contribution is 5.18. The number of rotatable bonds is 2. The summed E-state index contributed by atoms with van der Waals surface area (Å²) in [6, 6.07) is 3.47. The van der Waals surface area contributed by atoms with Crippen molar-refractivity contribution < 1.29 is 0 Å². The Morgan fingerprint density at radius 3 is 2.67 bits per heavy atom. The highest BCUT2D eigenvalue weighted by Crippen LogP contribution is 2.10. The maximum absolute atomic E-state index is 11.1. The topological polar surface area (TPSA) is 58.9 Å². The van der Waals surface area contributed by atoms with E-state index in [0.29, 0.717) is 12.5 Å². The van der Waals surface area contributed by atoms with E-state index >= 15 is 0 Å². The van der Waals surface area contributed by atoms with Crippen molar-refractivity contribution in [3.05, 3.63) is 33.7 Å². The summed E-state index contributed by atoms with van der Waals surface area (Å²) < 4.78 is 0. The van der Waals surface area contributed by atoms with Crippen LogP contribution in [0.3, 0.4) is 0 Å². The molecule has 1 aromatic heterocycles. The summed E-state index contributed by atoms with van der Waals surface area (Å²) in [5, 5.41) is 0. The molecular weight excluding hydrogens is 152 g/mol. The predicted molar refractivity (Wildman–Crippen MR) is 49.0 cm³/mol. The lowest BCUT2D eigenvalue weighted by molar-refractivity contribution is 0.809. The maximum atomic E-state index is 11.1. The number of H-pyrrole nitrogens is 1. The number of hydrogen-bond acceptors (Lipinski definition) is 2. The van der Waals surface area contributed by atoms with Crippen molar-refractivity contribution in [3.63, 3.8) is 0 Å². The fourth-order valence-corrected chi connectivity index (χ4v) is 1.05. The summed E-state index contributed by atoms with van der Waals surface area (Å²) in [4.78, 5) is 13.8. The van der Waals surface area contributed by atoms with Crippen molar-refractivity contribution >= 4 is 0 Å². The van der Waals surface area contributed by atoms with Crippen molar-refractivity contribution in [2.24, 2.45) is 5.73 Å². The number of aromatic nitrogens is 1. The van der Waals surface area contributed by atoms with Crippen LogP contribution in [-0.2, 0) is 6.54 Å². The Labute approximate surface area is 71.6 Å². The zero-order valence-electron chi connectivity index (χ0n) is 7.42. The summed E-state index contributed by atoms with van der Waals surface area (Å²) in [6.45, 7) is 4.49. The van der Waals surface area contributed by atoms with Crippen LogP contribution in [0.1, 0.15) is 31.0 Å². The Morgan fingerprint density at radius 2 is 2.17 bits per heavy atom. The molecule has 0 aromatic carbocycles. The second kappa shape index (κ2) is 3.54. The van der Waals surface area contributed by atoms with Crippen LogP contribution in [0.25, 0.3) is 0 Å². The average Bonchev–Trinajstić information content (AvgIpc) is 2.03. The fourth-order valence-electron chi connectivity index (χ4n) is 1.05. The second-order valence-electron chi connectivity index (χ2n) is 3.17. The van der Waals surface area contributed by atoms with Gasteiger partial charge in [0.05, 0.1) is 0 Å². The summed E-state index contributed by atoms with van der Waals surface area (Å²) in [5.74, 6) is 0.337. The van der Waals surface area contributed by atoms with Crippen LogP contribution in [0.5, 0.6) is 0 Å². The molecule has 0 aliphatic rings. The standard InChI is InChI=1S/C9H14N2O/c1-6(2)8-3-7(5-10)4-9(12)11-8/h3-4,6H,5,10H2,1-2H3,(H,11,12). The van der Waals surface area contributed by atoms with Crippen LogP contribution in [-0.4, -0.2) is 4.98 Å². The fraction of sp³-hybridized carbons (Fsp3) is 0.444. The maximum Gasteiger partial charge on any atom is 0.248 e. The third-order valence-corrected chi connectivity index (χ3v) is 1.78. The lowest BCUT2D eigenvalue weighted by Crippen LogP contribution is -2.12. The minimum Gasteiger partial charge on any atom is -0.326 e. The Balaban J connectivity index is 3.15. The number of nitrogens with one attached hydrogen (secondary N) is 1. The lowest BCUT2D eigenvalue weighted by Gasteiger charge is -2.05. The summed E-state index contributed by atoms with van der Waals surface area (Å²) in [7, 11) is 0. The molecule has 1 heterocycles. The summed E-state index contributed by atoms with van der Waals surface area (Å²) in [5.41, 5.74) is 7.21. The van der Waals surface area contributed by atoms with E-state index in [9.17, 15) is 4.79 Å². The SMILES string of the molecule is CC(C)c1cc(CN)cc(=O)[nH]1. The molecule has 12 heavy (non-hydrogen) atoms. The molecule has 0 amide bonds. The molecule has 3 N–H and O–H groups in total. The van der Waals surface area contributed by atoms with Gasteiger partial charge in [0.1, 0.15) is 0 Å². The van der Waals surface area contributed by atoms with Gasteiger partial charge in [0.15, 0.2) is 0 Å². The molecule has 0 saturated heterocycles.